The first-order valence-electron chi connectivity index (χ1n) is 7.64. The molecule has 1 saturated heterocycles. The molecule has 1 unspecified atom stereocenters. The van der Waals surface area contributed by atoms with E-state index in [-0.39, 0.29) is 28.3 Å². The Labute approximate surface area is 164 Å². The zero-order valence-corrected chi connectivity index (χ0v) is 16.0. The van der Waals surface area contributed by atoms with Gasteiger partial charge in [0.2, 0.25) is 5.88 Å². The van der Waals surface area contributed by atoms with Crippen molar-refractivity contribution in [2.24, 2.45) is 0 Å². The van der Waals surface area contributed by atoms with Gasteiger partial charge in [0, 0.05) is 12.1 Å². The number of hydrogen-bond donors (Lipinski definition) is 2. The number of fused-ring (bicyclic) bond motifs is 1. The molecular weight excluding hydrogens is 446 g/mol. The van der Waals surface area contributed by atoms with E-state index in [2.05, 4.69) is 36.5 Å². The van der Waals surface area contributed by atoms with Gasteiger partial charge in [0.1, 0.15) is 16.5 Å². The Balaban J connectivity index is 1.71. The van der Waals surface area contributed by atoms with Crippen LogP contribution in [0.1, 0.15) is 17.3 Å². The summed E-state index contributed by atoms with van der Waals surface area (Å²) in [6, 6.07) is 7.86. The van der Waals surface area contributed by atoms with Gasteiger partial charge < -0.3 is 9.57 Å². The highest BCUT2D eigenvalue weighted by molar-refractivity contribution is 9.10. The maximum atomic E-state index is 13.8. The predicted molar refractivity (Wildman–Crippen MR) is 98.2 cm³/mol. The van der Waals surface area contributed by atoms with Crippen LogP contribution in [0.5, 0.6) is 11.6 Å². The minimum absolute atomic E-state index is 0.0308. The molecule has 7 nitrogen and oxygen atoms in total. The number of pyridine rings is 1. The highest BCUT2D eigenvalue weighted by Gasteiger charge is 2.25. The van der Waals surface area contributed by atoms with Gasteiger partial charge in [0.05, 0.1) is 11.0 Å². The first kappa shape index (κ1) is 18.0. The summed E-state index contributed by atoms with van der Waals surface area (Å²) in [7, 11) is 0. The third-order valence-corrected chi connectivity index (χ3v) is 5.08. The number of nitrogens with one attached hydrogen (secondary N) is 2. The molecule has 2 N–H and O–H groups in total. The molecule has 1 aliphatic rings. The number of ether oxygens (including phenoxy) is 1. The van der Waals surface area contributed by atoms with Crippen molar-refractivity contribution in [2.75, 3.05) is 0 Å². The van der Waals surface area contributed by atoms with Crippen molar-refractivity contribution in [1.29, 1.82) is 0 Å². The Morgan fingerprint density at radius 1 is 1.37 bits per heavy atom. The van der Waals surface area contributed by atoms with Crippen molar-refractivity contribution in [3.8, 4) is 11.6 Å². The molecule has 1 amide bonds. The smallest absolute Gasteiger partial charge is 0.427 e. The lowest BCUT2D eigenvalue weighted by Gasteiger charge is -2.14. The summed E-state index contributed by atoms with van der Waals surface area (Å²) in [5.41, 5.74) is 4.79. The molecule has 3 aromatic rings. The highest BCUT2D eigenvalue weighted by atomic mass is 79.9. The number of hydrogen-bond acceptors (Lipinski definition) is 6. The third kappa shape index (κ3) is 3.33. The summed E-state index contributed by atoms with van der Waals surface area (Å²) in [6.45, 7) is 1.86. The first-order chi connectivity index (χ1) is 13.0. The van der Waals surface area contributed by atoms with Gasteiger partial charge in [0.25, 0.3) is 0 Å². The summed E-state index contributed by atoms with van der Waals surface area (Å²) in [5, 5.41) is 2.60. The fourth-order valence-electron chi connectivity index (χ4n) is 2.72. The first-order valence-corrected chi connectivity index (χ1v) is 9.11. The fourth-order valence-corrected chi connectivity index (χ4v) is 3.40. The van der Waals surface area contributed by atoms with E-state index in [0.717, 1.165) is 15.1 Å². The van der Waals surface area contributed by atoms with Crippen LogP contribution in [0, 0.1) is 12.7 Å². The zero-order chi connectivity index (χ0) is 19.1. The van der Waals surface area contributed by atoms with Gasteiger partial charge in [0.15, 0.2) is 18.2 Å². The summed E-state index contributed by atoms with van der Waals surface area (Å²) in [6.07, 6.45) is -1.12. The molecule has 1 aromatic carbocycles. The predicted octanol–water partition coefficient (Wildman–Crippen LogP) is 4.66. The Morgan fingerprint density at radius 3 is 2.89 bits per heavy atom. The van der Waals surface area contributed by atoms with Crippen LogP contribution >= 0.6 is 28.3 Å². The summed E-state index contributed by atoms with van der Waals surface area (Å²) in [4.78, 5) is 20.0. The molecule has 3 heterocycles. The van der Waals surface area contributed by atoms with Crippen molar-refractivity contribution in [1.82, 2.24) is 19.8 Å². The van der Waals surface area contributed by atoms with Crippen molar-refractivity contribution in [2.45, 2.75) is 13.1 Å². The van der Waals surface area contributed by atoms with Crippen LogP contribution in [0.25, 0.3) is 11.0 Å². The topological polar surface area (TPSA) is 77.4 Å². The standard InChI is InChI=1S/C16H11BrF2N4O3S/c1-7-2-3-8(4-9(7)15-21-16(24)26-22-15)25-13-6-11-12(23(13)27-19)5-10(18)14(17)20-11/h2-6,15,22H,1H3,(H,21,24). The monoisotopic (exact) mass is 456 g/mol. The Bertz CT molecular complexity index is 1060. The van der Waals surface area contributed by atoms with E-state index in [1.165, 1.54) is 12.1 Å². The number of carbonyl (C=O) groups excluding carboxylic acids is 1. The molecule has 0 spiro atoms. The van der Waals surface area contributed by atoms with Crippen LogP contribution < -0.4 is 15.5 Å². The van der Waals surface area contributed by atoms with E-state index in [1.54, 1.807) is 18.2 Å². The van der Waals surface area contributed by atoms with Gasteiger partial charge in [-0.05, 0) is 46.1 Å². The van der Waals surface area contributed by atoms with Gasteiger partial charge in [-0.25, -0.2) is 18.1 Å². The molecule has 0 aliphatic carbocycles. The van der Waals surface area contributed by atoms with Crippen molar-refractivity contribution < 1.29 is 22.6 Å². The number of nitrogens with zero attached hydrogens (tertiary/aromatic N) is 2. The maximum absolute atomic E-state index is 13.8. The second kappa shape index (κ2) is 6.98. The Kier molecular flexibility index (Phi) is 4.66. The molecule has 11 heteroatoms. The van der Waals surface area contributed by atoms with E-state index in [4.69, 9.17) is 4.74 Å². The minimum atomic E-state index is -0.608. The second-order valence-corrected chi connectivity index (χ2v) is 6.97. The van der Waals surface area contributed by atoms with Crippen LogP contribution in [-0.4, -0.2) is 15.0 Å². The van der Waals surface area contributed by atoms with E-state index in [1.807, 2.05) is 6.92 Å². The molecule has 1 atom stereocenters. The average Bonchev–Trinajstić information content (AvgIpc) is 3.20. The van der Waals surface area contributed by atoms with Crippen molar-refractivity contribution in [3.05, 3.63) is 51.9 Å². The molecule has 2 aromatic heterocycles. The number of hydroxylamine groups is 1. The maximum Gasteiger partial charge on any atom is 0.427 e. The van der Waals surface area contributed by atoms with E-state index < -0.39 is 18.1 Å². The molecule has 140 valence electrons. The van der Waals surface area contributed by atoms with Gasteiger partial charge in [-0.15, -0.1) is 9.37 Å². The van der Waals surface area contributed by atoms with Crippen LogP contribution in [0.2, 0.25) is 0 Å². The molecule has 0 saturated carbocycles. The Hall–Kier alpha value is -2.37. The quantitative estimate of drug-likeness (QED) is 0.555. The Morgan fingerprint density at radius 2 is 2.19 bits per heavy atom. The lowest BCUT2D eigenvalue weighted by Crippen LogP contribution is -2.23. The molecule has 0 bridgehead atoms. The number of aromatic nitrogens is 2. The van der Waals surface area contributed by atoms with E-state index >= 15 is 0 Å². The van der Waals surface area contributed by atoms with Crippen LogP contribution in [0.15, 0.2) is 34.9 Å². The van der Waals surface area contributed by atoms with Gasteiger partial charge in [-0.1, -0.05) is 6.07 Å². The summed E-state index contributed by atoms with van der Waals surface area (Å²) >= 11 is 2.89. The molecule has 1 fully saturated rings. The number of aryl methyl sites for hydroxylation is 1. The number of benzene rings is 1. The number of amides is 1. The molecule has 27 heavy (non-hydrogen) atoms. The highest BCUT2D eigenvalue weighted by Crippen LogP contribution is 2.35. The van der Waals surface area contributed by atoms with Gasteiger partial charge >= 0.3 is 6.09 Å². The van der Waals surface area contributed by atoms with Crippen molar-refractivity contribution >= 4 is 45.4 Å². The lowest BCUT2D eigenvalue weighted by molar-refractivity contribution is 0.121. The van der Waals surface area contributed by atoms with Crippen LogP contribution in [0.4, 0.5) is 13.1 Å². The van der Waals surface area contributed by atoms with Gasteiger partial charge in [-0.3, -0.25) is 5.32 Å². The van der Waals surface area contributed by atoms with E-state index in [0.29, 0.717) is 11.3 Å². The number of rotatable bonds is 4. The van der Waals surface area contributed by atoms with E-state index in [9.17, 15) is 13.1 Å². The minimum Gasteiger partial charge on any atom is -0.440 e. The normalized spacial score (nSPS) is 16.4. The summed E-state index contributed by atoms with van der Waals surface area (Å²) < 4.78 is 34.1. The lowest BCUT2D eigenvalue weighted by atomic mass is 10.1. The SMILES string of the molecule is Cc1ccc(Oc2cc3nc(Br)c(F)cc3n2SF)cc1C1NOC(=O)N1. The van der Waals surface area contributed by atoms with Crippen LogP contribution in [-0.2, 0) is 4.84 Å². The number of halogens is 3. The second-order valence-electron chi connectivity index (χ2n) is 5.72. The van der Waals surface area contributed by atoms with Crippen LogP contribution in [0.3, 0.4) is 0 Å². The van der Waals surface area contributed by atoms with Gasteiger partial charge in [-0.2, -0.15) is 0 Å². The largest absolute Gasteiger partial charge is 0.440 e. The van der Waals surface area contributed by atoms with Crippen molar-refractivity contribution in [3.63, 3.8) is 0 Å². The fraction of sp³-hybridized carbons (Fsp3) is 0.125. The molecular formula is C16H11BrF2N4O3S. The molecule has 0 radical (unpaired) electrons. The third-order valence-electron chi connectivity index (χ3n) is 4.01. The number of carbonyl (C=O) groups is 1. The zero-order valence-electron chi connectivity index (χ0n) is 13.6. The average molecular weight is 457 g/mol. The molecule has 4 rings (SSSR count). The summed E-state index contributed by atoms with van der Waals surface area (Å²) in [5.74, 6) is -0.0729. The molecule has 1 aliphatic heterocycles.